The van der Waals surface area contributed by atoms with Crippen LogP contribution in [-0.4, -0.2) is 27.5 Å². The van der Waals surface area contributed by atoms with Crippen LogP contribution < -0.4 is 20.8 Å². The molecule has 7 atom stereocenters. The van der Waals surface area contributed by atoms with Gasteiger partial charge in [0.25, 0.3) is 0 Å². The predicted octanol–water partition coefficient (Wildman–Crippen LogP) is 3.41. The van der Waals surface area contributed by atoms with E-state index in [-0.39, 0.29) is 34.0 Å². The summed E-state index contributed by atoms with van der Waals surface area (Å²) in [5.74, 6) is -2.11. The molecule has 0 amide bonds. The highest BCUT2D eigenvalue weighted by Gasteiger charge is 2.53. The molecule has 0 spiro atoms. The molecule has 0 fully saturated rings. The summed E-state index contributed by atoms with van der Waals surface area (Å²) in [5, 5.41) is 38.0. The van der Waals surface area contributed by atoms with Crippen molar-refractivity contribution in [3.8, 4) is 11.5 Å². The normalized spacial score (nSPS) is 33.5. The number of hydrogen-bond acceptors (Lipinski definition) is 9. The summed E-state index contributed by atoms with van der Waals surface area (Å²) in [4.78, 5) is 27.8. The molecule has 9 heteroatoms. The molecular formula is C30H24O9. The van der Waals surface area contributed by atoms with E-state index in [1.54, 1.807) is 13.8 Å². The van der Waals surface area contributed by atoms with E-state index < -0.39 is 47.8 Å². The number of hydrogen-bond donors (Lipinski definition) is 3. The molecule has 0 radical (unpaired) electrons. The smallest absolute Gasteiger partial charge is 0.201 e. The third-order valence-electron chi connectivity index (χ3n) is 9.57. The lowest BCUT2D eigenvalue weighted by atomic mass is 9.71. The molecule has 4 heterocycles. The molecule has 5 aliphatic rings. The summed E-state index contributed by atoms with van der Waals surface area (Å²) in [6.45, 7) is 7.27. The minimum atomic E-state index is -1.99. The first kappa shape index (κ1) is 22.3. The first-order valence-electron chi connectivity index (χ1n) is 13.3. The molecule has 1 aliphatic carbocycles. The Bertz CT molecular complexity index is 2070. The maximum absolute atomic E-state index is 14.1. The molecular weight excluding hydrogens is 504 g/mol. The summed E-state index contributed by atoms with van der Waals surface area (Å²) in [5.41, 5.74) is 1.65. The minimum Gasteiger partial charge on any atom is -0.511 e. The summed E-state index contributed by atoms with van der Waals surface area (Å²) in [6.07, 6.45) is -3.86. The second kappa shape index (κ2) is 6.45. The number of phenols is 1. The van der Waals surface area contributed by atoms with Gasteiger partial charge in [0, 0.05) is 55.4 Å². The standard InChI is InChI=1S/C30H24O9/c1-7-14-23-20-18-13(38-28(23)9(3)36-7)5-11(31)16-19(18)22-24-15(26(16)33)8(2)37-10(4)29(24)39-30(35)6-12(32)17(27(14)34)21(20)25(22)30/h5,7-10,28-29,32-33,35H,6H2,1-4H3/t7-,8-,9-,10-,28-,29-,30+/m1/s1. The van der Waals surface area contributed by atoms with Crippen LogP contribution in [0.3, 0.4) is 0 Å². The van der Waals surface area contributed by atoms with Crippen molar-refractivity contribution in [3.05, 3.63) is 59.5 Å². The summed E-state index contributed by atoms with van der Waals surface area (Å²) in [6, 6.07) is 1.37. The monoisotopic (exact) mass is 528 g/mol. The molecule has 39 heavy (non-hydrogen) atoms. The fraction of sp³-hybridized carbons (Fsp3) is 0.400. The Balaban J connectivity index is 1.71. The zero-order valence-electron chi connectivity index (χ0n) is 21.5. The Labute approximate surface area is 220 Å². The molecule has 198 valence electrons. The average Bonchev–Trinajstić information content (AvgIpc) is 2.85. The Morgan fingerprint density at radius 3 is 2.21 bits per heavy atom. The lowest BCUT2D eigenvalue weighted by Crippen LogP contribution is -2.48. The van der Waals surface area contributed by atoms with Crippen LogP contribution in [0.4, 0.5) is 0 Å². The van der Waals surface area contributed by atoms with Crippen molar-refractivity contribution in [2.75, 3.05) is 0 Å². The first-order valence-corrected chi connectivity index (χ1v) is 13.3. The Morgan fingerprint density at radius 2 is 1.46 bits per heavy atom. The number of aliphatic hydroxyl groups excluding tert-OH is 1. The van der Waals surface area contributed by atoms with Gasteiger partial charge in [-0.25, -0.2) is 0 Å². The van der Waals surface area contributed by atoms with Crippen LogP contribution in [0.5, 0.6) is 11.5 Å². The summed E-state index contributed by atoms with van der Waals surface area (Å²) in [7, 11) is 0. The molecule has 4 aromatic carbocycles. The van der Waals surface area contributed by atoms with E-state index in [4.69, 9.17) is 18.9 Å². The molecule has 4 aliphatic heterocycles. The van der Waals surface area contributed by atoms with Gasteiger partial charge in [-0.1, -0.05) is 0 Å². The molecule has 0 unspecified atom stereocenters. The van der Waals surface area contributed by atoms with E-state index in [0.29, 0.717) is 60.5 Å². The van der Waals surface area contributed by atoms with Gasteiger partial charge < -0.3 is 34.3 Å². The molecule has 0 saturated carbocycles. The van der Waals surface area contributed by atoms with Crippen LogP contribution in [0.1, 0.15) is 86.3 Å². The van der Waals surface area contributed by atoms with Gasteiger partial charge in [-0.05, 0) is 33.1 Å². The zero-order chi connectivity index (χ0) is 27.0. The number of aliphatic hydroxyl groups is 2. The van der Waals surface area contributed by atoms with Crippen LogP contribution in [0.15, 0.2) is 15.7 Å². The van der Waals surface area contributed by atoms with Crippen LogP contribution in [0.2, 0.25) is 0 Å². The number of phenolic OH excluding ortho intramolecular Hbond substituents is 1. The number of rotatable bonds is 0. The third-order valence-corrected chi connectivity index (χ3v) is 9.57. The molecule has 3 N–H and O–H groups in total. The van der Waals surface area contributed by atoms with E-state index in [2.05, 4.69) is 0 Å². The van der Waals surface area contributed by atoms with Crippen LogP contribution in [-0.2, 0) is 20.0 Å². The highest BCUT2D eigenvalue weighted by atomic mass is 16.6. The zero-order valence-corrected chi connectivity index (χ0v) is 21.5. The van der Waals surface area contributed by atoms with Gasteiger partial charge in [0.15, 0.2) is 17.0 Å². The topological polar surface area (TPSA) is 132 Å². The van der Waals surface area contributed by atoms with E-state index in [0.717, 1.165) is 0 Å². The maximum atomic E-state index is 14.1. The minimum absolute atomic E-state index is 0.113. The lowest BCUT2D eigenvalue weighted by Gasteiger charge is -2.48. The predicted molar refractivity (Wildman–Crippen MR) is 139 cm³/mol. The summed E-state index contributed by atoms with van der Waals surface area (Å²) < 4.78 is 25.0. The highest BCUT2D eigenvalue weighted by Crippen LogP contribution is 2.61. The van der Waals surface area contributed by atoms with Gasteiger partial charge in [0.2, 0.25) is 5.79 Å². The van der Waals surface area contributed by atoms with Crippen molar-refractivity contribution in [3.63, 3.8) is 0 Å². The van der Waals surface area contributed by atoms with Gasteiger partial charge in [0.05, 0.1) is 41.4 Å². The average molecular weight is 529 g/mol. The SMILES string of the molecule is C[C@H]1O[C@H](C)[C@H]2O[C@@]3(O)CC(O)=c4c(=O)c5c6c7c4c3c3c2c1c(O)c1c(=O)cc(c7c31)O[C@@H]6[C@@H](C)O[C@@H]5C. The van der Waals surface area contributed by atoms with Crippen molar-refractivity contribution in [1.29, 1.82) is 0 Å². The molecule has 9 nitrogen and oxygen atoms in total. The van der Waals surface area contributed by atoms with Crippen LogP contribution >= 0.6 is 0 Å². The largest absolute Gasteiger partial charge is 0.511 e. The molecule has 9 rings (SSSR count). The second-order valence-electron chi connectivity index (χ2n) is 11.7. The van der Waals surface area contributed by atoms with Gasteiger partial charge in [-0.15, -0.1) is 0 Å². The lowest BCUT2D eigenvalue weighted by molar-refractivity contribution is -0.270. The quantitative estimate of drug-likeness (QED) is 0.232. The van der Waals surface area contributed by atoms with Gasteiger partial charge >= 0.3 is 0 Å². The van der Waals surface area contributed by atoms with E-state index >= 15 is 0 Å². The Hall–Kier alpha value is -3.50. The fourth-order valence-corrected chi connectivity index (χ4v) is 8.28. The van der Waals surface area contributed by atoms with Crippen molar-refractivity contribution >= 4 is 38.1 Å². The van der Waals surface area contributed by atoms with Crippen LogP contribution in [0.25, 0.3) is 38.1 Å². The Kier molecular flexibility index (Phi) is 3.69. The molecule has 0 aromatic heterocycles. The van der Waals surface area contributed by atoms with Gasteiger partial charge in [0.1, 0.15) is 23.4 Å². The van der Waals surface area contributed by atoms with E-state index in [1.807, 2.05) is 13.8 Å². The molecule has 0 bridgehead atoms. The fourth-order valence-electron chi connectivity index (χ4n) is 8.28. The first-order chi connectivity index (χ1) is 18.5. The second-order valence-corrected chi connectivity index (χ2v) is 11.7. The number of ether oxygens (including phenoxy) is 4. The van der Waals surface area contributed by atoms with Crippen molar-refractivity contribution in [2.45, 2.75) is 76.5 Å². The van der Waals surface area contributed by atoms with Crippen molar-refractivity contribution in [2.24, 2.45) is 0 Å². The van der Waals surface area contributed by atoms with E-state index in [1.165, 1.54) is 6.07 Å². The highest BCUT2D eigenvalue weighted by molar-refractivity contribution is 6.29. The summed E-state index contributed by atoms with van der Waals surface area (Å²) >= 11 is 0. The number of benzene rings is 4. The van der Waals surface area contributed by atoms with Crippen molar-refractivity contribution < 1.29 is 34.3 Å². The van der Waals surface area contributed by atoms with E-state index in [9.17, 15) is 24.9 Å². The van der Waals surface area contributed by atoms with Gasteiger partial charge in [-0.2, -0.15) is 0 Å². The molecule has 4 aromatic rings. The third kappa shape index (κ3) is 2.21. The molecule has 0 saturated heterocycles. The van der Waals surface area contributed by atoms with Crippen molar-refractivity contribution in [1.82, 2.24) is 0 Å². The van der Waals surface area contributed by atoms with Crippen LogP contribution in [0, 0.1) is 0 Å². The number of aromatic hydroxyl groups is 1. The maximum Gasteiger partial charge on any atom is 0.201 e. The Morgan fingerprint density at radius 1 is 0.795 bits per heavy atom. The van der Waals surface area contributed by atoms with Gasteiger partial charge in [-0.3, -0.25) is 9.59 Å².